The molecule has 0 bridgehead atoms. The third-order valence-corrected chi connectivity index (χ3v) is 8.08. The highest BCUT2D eigenvalue weighted by Crippen LogP contribution is 2.35. The van der Waals surface area contributed by atoms with Gasteiger partial charge in [0, 0.05) is 12.6 Å². The monoisotopic (exact) mass is 465 g/mol. The molecule has 7 heteroatoms. The van der Waals surface area contributed by atoms with Gasteiger partial charge in [0.15, 0.2) is 0 Å². The Balaban J connectivity index is 1.50. The van der Waals surface area contributed by atoms with Crippen molar-refractivity contribution in [2.75, 3.05) is 7.11 Å². The highest BCUT2D eigenvalue weighted by atomic mass is 32.1. The molecule has 3 aromatic rings. The largest absolute Gasteiger partial charge is 0.497 e. The Morgan fingerprint density at radius 2 is 1.88 bits per heavy atom. The summed E-state index contributed by atoms with van der Waals surface area (Å²) < 4.78 is 8.39. The molecule has 0 unspecified atom stereocenters. The molecule has 1 aliphatic heterocycles. The first-order chi connectivity index (χ1) is 16.0. The van der Waals surface area contributed by atoms with Gasteiger partial charge < -0.3 is 19.5 Å². The predicted octanol–water partition coefficient (Wildman–Crippen LogP) is 4.97. The molecule has 6 nitrogen and oxygen atoms in total. The Bertz CT molecular complexity index is 1160. The van der Waals surface area contributed by atoms with Crippen LogP contribution in [-0.2, 0) is 17.9 Å². The zero-order chi connectivity index (χ0) is 23.0. The molecule has 1 aromatic carbocycles. The number of amides is 2. The molecule has 1 N–H and O–H groups in total. The van der Waals surface area contributed by atoms with E-state index in [9.17, 15) is 9.59 Å². The Morgan fingerprint density at radius 1 is 1.15 bits per heavy atom. The number of methoxy groups -OCH3 is 1. The van der Waals surface area contributed by atoms with Crippen molar-refractivity contribution in [3.8, 4) is 5.75 Å². The molecule has 2 amide bonds. The quantitative estimate of drug-likeness (QED) is 0.542. The first-order valence-electron chi connectivity index (χ1n) is 11.8. The molecule has 2 aliphatic rings. The van der Waals surface area contributed by atoms with Gasteiger partial charge in [0.1, 0.15) is 17.0 Å². The number of carbonyl (C=O) groups excluding carboxylic acids is 2. The van der Waals surface area contributed by atoms with Crippen LogP contribution in [0.3, 0.4) is 0 Å². The van der Waals surface area contributed by atoms with Crippen LogP contribution in [0.25, 0.3) is 10.2 Å². The Labute approximate surface area is 198 Å². The minimum atomic E-state index is -0.982. The van der Waals surface area contributed by atoms with Crippen LogP contribution in [-0.4, -0.2) is 40.0 Å². The van der Waals surface area contributed by atoms with E-state index < -0.39 is 5.54 Å². The maximum Gasteiger partial charge on any atom is 0.271 e. The van der Waals surface area contributed by atoms with Crippen molar-refractivity contribution >= 4 is 33.4 Å². The second kappa shape index (κ2) is 8.86. The summed E-state index contributed by atoms with van der Waals surface area (Å²) in [4.78, 5) is 29.4. The average molecular weight is 466 g/mol. The van der Waals surface area contributed by atoms with Crippen LogP contribution in [0.4, 0.5) is 0 Å². The molecule has 3 heterocycles. The van der Waals surface area contributed by atoms with Crippen molar-refractivity contribution in [2.24, 2.45) is 0 Å². The summed E-state index contributed by atoms with van der Waals surface area (Å²) in [6, 6.07) is 11.9. The molecule has 2 aromatic heterocycles. The number of fused-ring (bicyclic) bond motifs is 3. The van der Waals surface area contributed by atoms with Crippen molar-refractivity contribution in [3.63, 3.8) is 0 Å². The van der Waals surface area contributed by atoms with E-state index in [4.69, 9.17) is 4.74 Å². The van der Waals surface area contributed by atoms with Crippen LogP contribution in [0.2, 0.25) is 0 Å². The fraction of sp³-hybridized carbons (Fsp3) is 0.462. The van der Waals surface area contributed by atoms with E-state index in [1.807, 2.05) is 53.3 Å². The SMILES string of the molecule is COc1ccc(CN2C(=O)c3cc4sccc4n3C[C@]2(C)C(=O)NC2CCCCCC2)cc1. The van der Waals surface area contributed by atoms with Gasteiger partial charge in [-0.3, -0.25) is 9.59 Å². The van der Waals surface area contributed by atoms with E-state index in [0.29, 0.717) is 18.8 Å². The molecular weight excluding hydrogens is 434 g/mol. The fourth-order valence-corrected chi connectivity index (χ4v) is 6.02. The minimum Gasteiger partial charge on any atom is -0.497 e. The van der Waals surface area contributed by atoms with Gasteiger partial charge >= 0.3 is 0 Å². The van der Waals surface area contributed by atoms with Crippen LogP contribution in [0.15, 0.2) is 41.8 Å². The lowest BCUT2D eigenvalue weighted by atomic mass is 9.93. The maximum atomic E-state index is 13.8. The van der Waals surface area contributed by atoms with Gasteiger partial charge in [0.2, 0.25) is 5.91 Å². The highest BCUT2D eigenvalue weighted by molar-refractivity contribution is 7.17. The van der Waals surface area contributed by atoms with Crippen LogP contribution >= 0.6 is 11.3 Å². The van der Waals surface area contributed by atoms with E-state index >= 15 is 0 Å². The summed E-state index contributed by atoms with van der Waals surface area (Å²) in [6.07, 6.45) is 6.78. The normalized spacial score (nSPS) is 21.6. The van der Waals surface area contributed by atoms with Gasteiger partial charge in [-0.05, 0) is 55.0 Å². The van der Waals surface area contributed by atoms with Crippen LogP contribution in [0.1, 0.15) is 61.5 Å². The molecule has 33 heavy (non-hydrogen) atoms. The van der Waals surface area contributed by atoms with E-state index in [1.165, 1.54) is 12.8 Å². The molecule has 1 aliphatic carbocycles. The van der Waals surface area contributed by atoms with Gasteiger partial charge in [0.25, 0.3) is 5.91 Å². The maximum absolute atomic E-state index is 13.8. The van der Waals surface area contributed by atoms with Crippen molar-refractivity contribution in [3.05, 3.63) is 53.0 Å². The predicted molar refractivity (Wildman–Crippen MR) is 131 cm³/mol. The van der Waals surface area contributed by atoms with Crippen LogP contribution in [0.5, 0.6) is 5.75 Å². The number of hydrogen-bond acceptors (Lipinski definition) is 4. The fourth-order valence-electron chi connectivity index (χ4n) is 5.20. The number of rotatable bonds is 5. The molecule has 0 radical (unpaired) electrons. The molecule has 5 rings (SSSR count). The van der Waals surface area contributed by atoms with Crippen LogP contribution < -0.4 is 10.1 Å². The van der Waals surface area contributed by atoms with Crippen molar-refractivity contribution in [1.82, 2.24) is 14.8 Å². The first kappa shape index (κ1) is 22.0. The third-order valence-electron chi connectivity index (χ3n) is 7.23. The Morgan fingerprint density at radius 3 is 2.58 bits per heavy atom. The molecule has 0 spiro atoms. The first-order valence-corrected chi connectivity index (χ1v) is 12.7. The number of benzene rings is 1. The van der Waals surface area contributed by atoms with E-state index in [-0.39, 0.29) is 17.9 Å². The Kier molecular flexibility index (Phi) is 5.91. The summed E-state index contributed by atoms with van der Waals surface area (Å²) in [5.41, 5.74) is 1.68. The summed E-state index contributed by atoms with van der Waals surface area (Å²) in [7, 11) is 1.64. The summed E-state index contributed by atoms with van der Waals surface area (Å²) in [5.74, 6) is 0.615. The van der Waals surface area contributed by atoms with E-state index in [1.54, 1.807) is 23.3 Å². The lowest BCUT2D eigenvalue weighted by molar-refractivity contribution is -0.134. The molecular formula is C26H31N3O3S. The molecule has 174 valence electrons. The number of hydrogen-bond donors (Lipinski definition) is 1. The highest BCUT2D eigenvalue weighted by Gasteiger charge is 2.48. The summed E-state index contributed by atoms with van der Waals surface area (Å²) >= 11 is 1.63. The zero-order valence-corrected chi connectivity index (χ0v) is 20.1. The lowest BCUT2D eigenvalue weighted by Gasteiger charge is -2.44. The second-order valence-electron chi connectivity index (χ2n) is 9.46. The van der Waals surface area contributed by atoms with Crippen molar-refractivity contribution in [1.29, 1.82) is 0 Å². The molecule has 1 fully saturated rings. The van der Waals surface area contributed by atoms with Crippen LogP contribution in [0, 0.1) is 0 Å². The second-order valence-corrected chi connectivity index (χ2v) is 10.4. The summed E-state index contributed by atoms with van der Waals surface area (Å²) in [6.45, 7) is 2.74. The standard InChI is InChI=1S/C26H31N3O3S/c1-26(25(31)27-19-7-5-3-4-6-8-19)17-28-21-13-14-33-23(21)15-22(28)24(30)29(26)16-18-9-11-20(32-2)12-10-18/h9-15,19H,3-8,16-17H2,1-2H3,(H,27,31)/t26-/m1/s1. The van der Waals surface area contributed by atoms with E-state index in [0.717, 1.165) is 47.2 Å². The van der Waals surface area contributed by atoms with Crippen molar-refractivity contribution < 1.29 is 14.3 Å². The van der Waals surface area contributed by atoms with Gasteiger partial charge in [-0.25, -0.2) is 0 Å². The molecule has 0 saturated heterocycles. The molecule has 1 saturated carbocycles. The topological polar surface area (TPSA) is 63.6 Å². The number of ether oxygens (including phenoxy) is 1. The van der Waals surface area contributed by atoms with E-state index in [2.05, 4.69) is 5.32 Å². The number of thiophene rings is 1. The Hall–Kier alpha value is -2.80. The smallest absolute Gasteiger partial charge is 0.271 e. The minimum absolute atomic E-state index is 0.0565. The number of nitrogens with zero attached hydrogens (tertiary/aromatic N) is 2. The number of carbonyl (C=O) groups is 2. The van der Waals surface area contributed by atoms with Gasteiger partial charge in [0.05, 0.1) is 23.9 Å². The average Bonchev–Trinajstić information content (AvgIpc) is 3.31. The van der Waals surface area contributed by atoms with Gasteiger partial charge in [-0.15, -0.1) is 11.3 Å². The van der Waals surface area contributed by atoms with Crippen molar-refractivity contribution in [2.45, 2.75) is 70.1 Å². The number of nitrogens with one attached hydrogen (secondary N) is 1. The lowest BCUT2D eigenvalue weighted by Crippen LogP contribution is -2.64. The zero-order valence-electron chi connectivity index (χ0n) is 19.3. The van der Waals surface area contributed by atoms with Gasteiger partial charge in [-0.1, -0.05) is 37.8 Å². The summed E-state index contributed by atoms with van der Waals surface area (Å²) in [5, 5.41) is 5.36. The number of aromatic nitrogens is 1. The molecule has 1 atom stereocenters. The third kappa shape index (κ3) is 4.03. The van der Waals surface area contributed by atoms with Gasteiger partial charge in [-0.2, -0.15) is 0 Å².